The van der Waals surface area contributed by atoms with Gasteiger partial charge in [0.15, 0.2) is 0 Å². The SMILES string of the molecule is CC1CN(CC(=O)NCCc2ccccc2)CCC1O. The van der Waals surface area contributed by atoms with E-state index < -0.39 is 0 Å². The molecule has 1 heterocycles. The molecule has 1 saturated heterocycles. The maximum Gasteiger partial charge on any atom is 0.234 e. The number of likely N-dealkylation sites (tertiary alicyclic amines) is 1. The molecule has 1 aromatic rings. The fraction of sp³-hybridized carbons (Fsp3) is 0.562. The molecule has 1 amide bonds. The van der Waals surface area contributed by atoms with Gasteiger partial charge in [-0.3, -0.25) is 9.69 Å². The van der Waals surface area contributed by atoms with Crippen LogP contribution in [0.4, 0.5) is 0 Å². The molecule has 2 atom stereocenters. The highest BCUT2D eigenvalue weighted by Crippen LogP contribution is 2.15. The summed E-state index contributed by atoms with van der Waals surface area (Å²) in [5.41, 5.74) is 1.24. The van der Waals surface area contributed by atoms with Crippen LogP contribution in [-0.4, -0.2) is 48.2 Å². The first-order chi connectivity index (χ1) is 9.65. The molecule has 1 aliphatic heterocycles. The smallest absolute Gasteiger partial charge is 0.234 e. The number of rotatable bonds is 5. The molecule has 2 rings (SSSR count). The summed E-state index contributed by atoms with van der Waals surface area (Å²) in [4.78, 5) is 14.0. The third-order valence-corrected chi connectivity index (χ3v) is 3.89. The van der Waals surface area contributed by atoms with Gasteiger partial charge in [-0.05, 0) is 24.3 Å². The molecule has 1 aromatic carbocycles. The average Bonchev–Trinajstić information content (AvgIpc) is 2.44. The summed E-state index contributed by atoms with van der Waals surface area (Å²) in [5, 5.41) is 12.6. The van der Waals surface area contributed by atoms with Crippen molar-refractivity contribution < 1.29 is 9.90 Å². The predicted octanol–water partition coefficient (Wildman–Crippen LogP) is 1.05. The van der Waals surface area contributed by atoms with Crippen LogP contribution in [0.3, 0.4) is 0 Å². The Morgan fingerprint density at radius 1 is 1.40 bits per heavy atom. The van der Waals surface area contributed by atoms with E-state index in [1.807, 2.05) is 25.1 Å². The minimum atomic E-state index is -0.215. The van der Waals surface area contributed by atoms with E-state index in [1.165, 1.54) is 5.56 Å². The molecule has 2 unspecified atom stereocenters. The van der Waals surface area contributed by atoms with Crippen LogP contribution in [-0.2, 0) is 11.2 Å². The lowest BCUT2D eigenvalue weighted by Gasteiger charge is -2.33. The van der Waals surface area contributed by atoms with E-state index in [0.717, 1.165) is 25.9 Å². The summed E-state index contributed by atoms with van der Waals surface area (Å²) in [6.45, 7) is 4.75. The molecule has 4 heteroatoms. The largest absolute Gasteiger partial charge is 0.393 e. The molecule has 0 saturated carbocycles. The Morgan fingerprint density at radius 2 is 2.15 bits per heavy atom. The van der Waals surface area contributed by atoms with Crippen LogP contribution >= 0.6 is 0 Å². The van der Waals surface area contributed by atoms with E-state index >= 15 is 0 Å². The molecular formula is C16H24N2O2. The van der Waals surface area contributed by atoms with E-state index in [1.54, 1.807) is 0 Å². The first kappa shape index (κ1) is 15.0. The van der Waals surface area contributed by atoms with E-state index in [0.29, 0.717) is 13.1 Å². The number of nitrogens with zero attached hydrogens (tertiary/aromatic N) is 1. The predicted molar refractivity (Wildman–Crippen MR) is 79.4 cm³/mol. The molecule has 2 N–H and O–H groups in total. The van der Waals surface area contributed by atoms with Gasteiger partial charge in [0.25, 0.3) is 0 Å². The minimum Gasteiger partial charge on any atom is -0.393 e. The summed E-state index contributed by atoms with van der Waals surface area (Å²) >= 11 is 0. The van der Waals surface area contributed by atoms with Crippen LogP contribution in [0.2, 0.25) is 0 Å². The second kappa shape index (κ2) is 7.41. The fourth-order valence-electron chi connectivity index (χ4n) is 2.61. The monoisotopic (exact) mass is 276 g/mol. The highest BCUT2D eigenvalue weighted by molar-refractivity contribution is 5.78. The van der Waals surface area contributed by atoms with Crippen molar-refractivity contribution in [2.45, 2.75) is 25.9 Å². The highest BCUT2D eigenvalue weighted by Gasteiger charge is 2.25. The van der Waals surface area contributed by atoms with Crippen LogP contribution in [0.5, 0.6) is 0 Å². The number of piperidine rings is 1. The zero-order chi connectivity index (χ0) is 14.4. The molecule has 0 bridgehead atoms. The third-order valence-electron chi connectivity index (χ3n) is 3.89. The van der Waals surface area contributed by atoms with Crippen LogP contribution in [0.15, 0.2) is 30.3 Å². The first-order valence-corrected chi connectivity index (χ1v) is 7.36. The van der Waals surface area contributed by atoms with Crippen molar-refractivity contribution in [3.63, 3.8) is 0 Å². The minimum absolute atomic E-state index is 0.0736. The molecule has 20 heavy (non-hydrogen) atoms. The van der Waals surface area contributed by atoms with Gasteiger partial charge in [0.2, 0.25) is 5.91 Å². The molecule has 0 radical (unpaired) electrons. The van der Waals surface area contributed by atoms with Gasteiger partial charge >= 0.3 is 0 Å². The first-order valence-electron chi connectivity index (χ1n) is 7.36. The number of benzene rings is 1. The van der Waals surface area contributed by atoms with Gasteiger partial charge in [-0.1, -0.05) is 37.3 Å². The zero-order valence-electron chi connectivity index (χ0n) is 12.1. The Morgan fingerprint density at radius 3 is 2.85 bits per heavy atom. The molecule has 0 aliphatic carbocycles. The number of hydrogen-bond acceptors (Lipinski definition) is 3. The normalized spacial score (nSPS) is 23.5. The van der Waals surface area contributed by atoms with Crippen LogP contribution in [0.1, 0.15) is 18.9 Å². The van der Waals surface area contributed by atoms with Crippen molar-refractivity contribution in [3.8, 4) is 0 Å². The second-order valence-corrected chi connectivity index (χ2v) is 5.65. The summed E-state index contributed by atoms with van der Waals surface area (Å²) in [5.74, 6) is 0.324. The average molecular weight is 276 g/mol. The quantitative estimate of drug-likeness (QED) is 0.845. The summed E-state index contributed by atoms with van der Waals surface area (Å²) in [7, 11) is 0. The number of nitrogens with one attached hydrogen (secondary N) is 1. The lowest BCUT2D eigenvalue weighted by atomic mass is 9.97. The maximum absolute atomic E-state index is 11.9. The van der Waals surface area contributed by atoms with Crippen molar-refractivity contribution >= 4 is 5.91 Å². The number of hydrogen-bond donors (Lipinski definition) is 2. The third kappa shape index (κ3) is 4.62. The Balaban J connectivity index is 1.66. The Hall–Kier alpha value is -1.39. The van der Waals surface area contributed by atoms with Crippen LogP contribution < -0.4 is 5.32 Å². The van der Waals surface area contributed by atoms with Crippen molar-refractivity contribution in [1.29, 1.82) is 0 Å². The lowest BCUT2D eigenvalue weighted by molar-refractivity contribution is -0.123. The molecular weight excluding hydrogens is 252 g/mol. The standard InChI is InChI=1S/C16H24N2O2/c1-13-11-18(10-8-15(13)19)12-16(20)17-9-7-14-5-3-2-4-6-14/h2-6,13,15,19H,7-12H2,1H3,(H,17,20). The van der Waals surface area contributed by atoms with Gasteiger partial charge in [0.05, 0.1) is 12.6 Å². The Labute approximate surface area is 120 Å². The highest BCUT2D eigenvalue weighted by atomic mass is 16.3. The number of aliphatic hydroxyl groups is 1. The Kier molecular flexibility index (Phi) is 5.56. The molecule has 110 valence electrons. The van der Waals surface area contributed by atoms with Crippen molar-refractivity contribution in [3.05, 3.63) is 35.9 Å². The molecule has 4 nitrogen and oxygen atoms in total. The molecule has 0 aromatic heterocycles. The fourth-order valence-corrected chi connectivity index (χ4v) is 2.61. The lowest BCUT2D eigenvalue weighted by Crippen LogP contribution is -2.46. The van der Waals surface area contributed by atoms with E-state index in [4.69, 9.17) is 0 Å². The second-order valence-electron chi connectivity index (χ2n) is 5.65. The van der Waals surface area contributed by atoms with E-state index in [-0.39, 0.29) is 17.9 Å². The van der Waals surface area contributed by atoms with Gasteiger partial charge in [-0.25, -0.2) is 0 Å². The van der Waals surface area contributed by atoms with Crippen LogP contribution in [0, 0.1) is 5.92 Å². The summed E-state index contributed by atoms with van der Waals surface area (Å²) in [6, 6.07) is 10.2. The van der Waals surface area contributed by atoms with Crippen molar-refractivity contribution in [2.75, 3.05) is 26.2 Å². The topological polar surface area (TPSA) is 52.6 Å². The summed E-state index contributed by atoms with van der Waals surface area (Å²) in [6.07, 6.45) is 1.41. The molecule has 1 fully saturated rings. The number of carbonyl (C=O) groups is 1. The van der Waals surface area contributed by atoms with Gasteiger partial charge < -0.3 is 10.4 Å². The number of amides is 1. The van der Waals surface area contributed by atoms with Gasteiger partial charge in [0, 0.05) is 19.6 Å². The van der Waals surface area contributed by atoms with Gasteiger partial charge in [-0.15, -0.1) is 0 Å². The maximum atomic E-state index is 11.9. The molecule has 0 spiro atoms. The number of aliphatic hydroxyl groups excluding tert-OH is 1. The summed E-state index contributed by atoms with van der Waals surface area (Å²) < 4.78 is 0. The number of carbonyl (C=O) groups excluding carboxylic acids is 1. The van der Waals surface area contributed by atoms with E-state index in [2.05, 4.69) is 22.3 Å². The van der Waals surface area contributed by atoms with Gasteiger partial charge in [0.1, 0.15) is 0 Å². The Bertz CT molecular complexity index is 422. The van der Waals surface area contributed by atoms with Crippen LogP contribution in [0.25, 0.3) is 0 Å². The van der Waals surface area contributed by atoms with E-state index in [9.17, 15) is 9.90 Å². The van der Waals surface area contributed by atoms with Crippen molar-refractivity contribution in [1.82, 2.24) is 10.2 Å². The zero-order valence-corrected chi connectivity index (χ0v) is 12.1. The van der Waals surface area contributed by atoms with Crippen molar-refractivity contribution in [2.24, 2.45) is 5.92 Å². The molecule has 1 aliphatic rings. The van der Waals surface area contributed by atoms with Gasteiger partial charge in [-0.2, -0.15) is 0 Å².